The molecule has 1 aromatic rings. The summed E-state index contributed by atoms with van der Waals surface area (Å²) in [5.41, 5.74) is 2.10. The van der Waals surface area contributed by atoms with Crippen LogP contribution < -0.4 is 10.2 Å². The van der Waals surface area contributed by atoms with E-state index in [2.05, 4.69) is 25.7 Å². The van der Waals surface area contributed by atoms with Crippen LogP contribution in [0.1, 0.15) is 25.5 Å². The van der Waals surface area contributed by atoms with Crippen molar-refractivity contribution in [3.63, 3.8) is 0 Å². The fraction of sp³-hybridized carbons (Fsp3) is 0.467. The van der Waals surface area contributed by atoms with Gasteiger partial charge in [-0.1, -0.05) is 30.7 Å². The third-order valence-electron chi connectivity index (χ3n) is 3.05. The van der Waals surface area contributed by atoms with Gasteiger partial charge in [0.1, 0.15) is 0 Å². The average molecular weight is 283 g/mol. The van der Waals surface area contributed by atoms with E-state index in [-0.39, 0.29) is 12.6 Å². The van der Waals surface area contributed by atoms with E-state index < -0.39 is 0 Å². The number of benzene rings is 1. The molecule has 0 radical (unpaired) electrons. The molecule has 0 saturated carbocycles. The summed E-state index contributed by atoms with van der Waals surface area (Å²) in [6.07, 6.45) is 1.82. The van der Waals surface area contributed by atoms with Crippen molar-refractivity contribution in [2.45, 2.75) is 19.9 Å². The lowest BCUT2D eigenvalue weighted by molar-refractivity contribution is 0.303. The number of hydrogen-bond donors (Lipinski definition) is 2. The van der Waals surface area contributed by atoms with Gasteiger partial charge in [-0.2, -0.15) is 0 Å². The molecule has 106 valence electrons. The molecule has 1 unspecified atom stereocenters. The van der Waals surface area contributed by atoms with Gasteiger partial charge >= 0.3 is 0 Å². The lowest BCUT2D eigenvalue weighted by atomic mass is 10.1. The normalized spacial score (nSPS) is 12.2. The number of nitrogens with zero attached hydrogens (tertiary/aromatic N) is 1. The van der Waals surface area contributed by atoms with Crippen LogP contribution in [-0.4, -0.2) is 31.3 Å². The maximum absolute atomic E-state index is 9.09. The second-order valence-corrected chi connectivity index (χ2v) is 4.85. The second kappa shape index (κ2) is 8.20. The van der Waals surface area contributed by atoms with Crippen molar-refractivity contribution in [2.24, 2.45) is 0 Å². The number of nitrogens with one attached hydrogen (secondary N) is 1. The summed E-state index contributed by atoms with van der Waals surface area (Å²) in [6.45, 7) is 10.2. The topological polar surface area (TPSA) is 35.5 Å². The molecule has 0 saturated heterocycles. The van der Waals surface area contributed by atoms with Gasteiger partial charge in [-0.25, -0.2) is 0 Å². The molecule has 0 aliphatic heterocycles. The Morgan fingerprint density at radius 3 is 2.79 bits per heavy atom. The van der Waals surface area contributed by atoms with E-state index in [1.54, 1.807) is 0 Å². The Morgan fingerprint density at radius 1 is 1.53 bits per heavy atom. The Morgan fingerprint density at radius 2 is 2.26 bits per heavy atom. The SMILES string of the molecule is C=CCN(CCO)c1ccc(C(C)NCC)c(Cl)c1. The zero-order valence-corrected chi connectivity index (χ0v) is 12.5. The van der Waals surface area contributed by atoms with E-state index in [0.717, 1.165) is 22.8 Å². The maximum Gasteiger partial charge on any atom is 0.0606 e. The number of aliphatic hydroxyl groups is 1. The number of halogens is 1. The van der Waals surface area contributed by atoms with Crippen LogP contribution in [0.2, 0.25) is 5.02 Å². The molecule has 1 atom stereocenters. The molecule has 0 spiro atoms. The second-order valence-electron chi connectivity index (χ2n) is 4.44. The van der Waals surface area contributed by atoms with Gasteiger partial charge in [0.05, 0.1) is 6.61 Å². The Balaban J connectivity index is 2.93. The van der Waals surface area contributed by atoms with Crippen molar-refractivity contribution >= 4 is 17.3 Å². The highest BCUT2D eigenvalue weighted by atomic mass is 35.5. The molecule has 4 heteroatoms. The number of anilines is 1. The van der Waals surface area contributed by atoms with Crippen LogP contribution in [0.4, 0.5) is 5.69 Å². The highest BCUT2D eigenvalue weighted by molar-refractivity contribution is 6.31. The summed E-state index contributed by atoms with van der Waals surface area (Å²) in [7, 11) is 0. The minimum absolute atomic E-state index is 0.112. The van der Waals surface area contributed by atoms with Gasteiger partial charge in [0.2, 0.25) is 0 Å². The summed E-state index contributed by atoms with van der Waals surface area (Å²) >= 11 is 6.35. The standard InChI is InChI=1S/C15H23ClN2O/c1-4-8-18(9-10-19)13-6-7-14(15(16)11-13)12(3)17-5-2/h4,6-7,11-12,17,19H,1,5,8-10H2,2-3H3. The molecule has 3 nitrogen and oxygen atoms in total. The molecule has 0 amide bonds. The first-order valence-electron chi connectivity index (χ1n) is 6.63. The van der Waals surface area contributed by atoms with Gasteiger partial charge in [0.15, 0.2) is 0 Å². The lowest BCUT2D eigenvalue weighted by Crippen LogP contribution is -2.26. The summed E-state index contributed by atoms with van der Waals surface area (Å²) in [5.74, 6) is 0. The third kappa shape index (κ3) is 4.53. The average Bonchev–Trinajstić information content (AvgIpc) is 2.38. The monoisotopic (exact) mass is 282 g/mol. The van der Waals surface area contributed by atoms with Crippen LogP contribution in [0.15, 0.2) is 30.9 Å². The molecule has 19 heavy (non-hydrogen) atoms. The van der Waals surface area contributed by atoms with Crippen molar-refractivity contribution in [3.05, 3.63) is 41.4 Å². The summed E-state index contributed by atoms with van der Waals surface area (Å²) in [6, 6.07) is 6.26. The fourth-order valence-corrected chi connectivity index (χ4v) is 2.42. The Kier molecular flexibility index (Phi) is 6.92. The van der Waals surface area contributed by atoms with E-state index >= 15 is 0 Å². The number of rotatable bonds is 8. The fourth-order valence-electron chi connectivity index (χ4n) is 2.08. The first-order chi connectivity index (χ1) is 9.13. The van der Waals surface area contributed by atoms with Gasteiger partial charge < -0.3 is 15.3 Å². The largest absolute Gasteiger partial charge is 0.395 e. The van der Waals surface area contributed by atoms with E-state index in [0.29, 0.717) is 13.1 Å². The highest BCUT2D eigenvalue weighted by Gasteiger charge is 2.11. The first-order valence-corrected chi connectivity index (χ1v) is 7.01. The van der Waals surface area contributed by atoms with Gasteiger partial charge in [0.25, 0.3) is 0 Å². The molecule has 1 aromatic carbocycles. The lowest BCUT2D eigenvalue weighted by Gasteiger charge is -2.24. The molecule has 0 aromatic heterocycles. The highest BCUT2D eigenvalue weighted by Crippen LogP contribution is 2.27. The molecule has 0 heterocycles. The molecule has 1 rings (SSSR count). The summed E-state index contributed by atoms with van der Waals surface area (Å²) in [4.78, 5) is 2.04. The van der Waals surface area contributed by atoms with Gasteiger partial charge in [-0.05, 0) is 31.2 Å². The number of aliphatic hydroxyl groups excluding tert-OH is 1. The molecular weight excluding hydrogens is 260 g/mol. The smallest absolute Gasteiger partial charge is 0.0606 e. The van der Waals surface area contributed by atoms with E-state index in [1.807, 2.05) is 29.2 Å². The minimum atomic E-state index is 0.112. The van der Waals surface area contributed by atoms with Crippen LogP contribution in [-0.2, 0) is 0 Å². The van der Waals surface area contributed by atoms with Crippen molar-refractivity contribution in [1.82, 2.24) is 5.32 Å². The van der Waals surface area contributed by atoms with Crippen molar-refractivity contribution in [1.29, 1.82) is 0 Å². The van der Waals surface area contributed by atoms with E-state index in [4.69, 9.17) is 16.7 Å². The molecule has 0 aliphatic rings. The van der Waals surface area contributed by atoms with Crippen LogP contribution >= 0.6 is 11.6 Å². The third-order valence-corrected chi connectivity index (χ3v) is 3.37. The van der Waals surface area contributed by atoms with Crippen LogP contribution in [0.5, 0.6) is 0 Å². The van der Waals surface area contributed by atoms with Gasteiger partial charge in [-0.15, -0.1) is 6.58 Å². The Hall–Kier alpha value is -1.03. The summed E-state index contributed by atoms with van der Waals surface area (Å²) in [5, 5.41) is 13.2. The Labute approximate surface area is 120 Å². The predicted molar refractivity (Wildman–Crippen MR) is 83.0 cm³/mol. The minimum Gasteiger partial charge on any atom is -0.395 e. The Bertz CT molecular complexity index is 409. The van der Waals surface area contributed by atoms with E-state index in [1.165, 1.54) is 0 Å². The molecule has 0 fully saturated rings. The molecule has 0 bridgehead atoms. The van der Waals surface area contributed by atoms with Crippen molar-refractivity contribution in [2.75, 3.05) is 31.1 Å². The van der Waals surface area contributed by atoms with Crippen LogP contribution in [0.25, 0.3) is 0 Å². The van der Waals surface area contributed by atoms with E-state index in [9.17, 15) is 0 Å². The van der Waals surface area contributed by atoms with Gasteiger partial charge in [0, 0.05) is 29.8 Å². The van der Waals surface area contributed by atoms with Crippen molar-refractivity contribution in [3.8, 4) is 0 Å². The predicted octanol–water partition coefficient (Wildman–Crippen LogP) is 3.00. The molecule has 2 N–H and O–H groups in total. The van der Waals surface area contributed by atoms with Crippen LogP contribution in [0, 0.1) is 0 Å². The van der Waals surface area contributed by atoms with Crippen molar-refractivity contribution < 1.29 is 5.11 Å². The molecule has 0 aliphatic carbocycles. The first kappa shape index (κ1) is 16.0. The maximum atomic E-state index is 9.09. The quantitative estimate of drug-likeness (QED) is 0.720. The number of hydrogen-bond acceptors (Lipinski definition) is 3. The summed E-state index contributed by atoms with van der Waals surface area (Å²) < 4.78 is 0. The molecular formula is C15H23ClN2O. The van der Waals surface area contributed by atoms with Crippen LogP contribution in [0.3, 0.4) is 0 Å². The zero-order valence-electron chi connectivity index (χ0n) is 11.7. The van der Waals surface area contributed by atoms with Gasteiger partial charge in [-0.3, -0.25) is 0 Å². The zero-order chi connectivity index (χ0) is 14.3.